The molecule has 0 N–H and O–H groups in total. The summed E-state index contributed by atoms with van der Waals surface area (Å²) in [6.45, 7) is 20.9. The van der Waals surface area contributed by atoms with E-state index >= 15 is 0 Å². The Morgan fingerprint density at radius 2 is 1.33 bits per heavy atom. The highest BCUT2D eigenvalue weighted by atomic mass is 17.4. The first-order chi connectivity index (χ1) is 7.90. The first-order valence-corrected chi connectivity index (χ1v) is 7.23. The molecule has 108 valence electrons. The molecular weight excluding hydrogens is 224 g/mol. The molecule has 0 spiro atoms. The van der Waals surface area contributed by atoms with E-state index in [2.05, 4.69) is 62.3 Å². The number of hydrogen-bond acceptors (Lipinski definition) is 2. The molecule has 0 aromatic heterocycles. The molecule has 1 fully saturated rings. The Bertz CT molecular complexity index is 278. The van der Waals surface area contributed by atoms with Crippen molar-refractivity contribution in [1.82, 2.24) is 0 Å². The quantitative estimate of drug-likeness (QED) is 0.520. The van der Waals surface area contributed by atoms with Gasteiger partial charge in [-0.3, -0.25) is 0 Å². The molecule has 1 rings (SSSR count). The van der Waals surface area contributed by atoms with Gasteiger partial charge in [0.25, 0.3) is 0 Å². The Balaban J connectivity index is 3.14. The van der Waals surface area contributed by atoms with Crippen molar-refractivity contribution in [2.45, 2.75) is 75.0 Å². The van der Waals surface area contributed by atoms with E-state index < -0.39 is 0 Å². The summed E-state index contributed by atoms with van der Waals surface area (Å²) in [5.74, 6) is 1.26. The van der Waals surface area contributed by atoms with Crippen LogP contribution in [-0.2, 0) is 9.78 Å². The van der Waals surface area contributed by atoms with Gasteiger partial charge in [-0.05, 0) is 29.1 Å². The van der Waals surface area contributed by atoms with Crippen LogP contribution in [0.4, 0.5) is 0 Å². The van der Waals surface area contributed by atoms with E-state index in [0.717, 1.165) is 0 Å². The standard InChI is InChI=1S/C16H32O2/c1-11(2)10-12(14(3,4)5)16(9,13-17-18-13)15(6,7)8/h11-13H,10H2,1-9H3. The molecule has 2 atom stereocenters. The highest BCUT2D eigenvalue weighted by molar-refractivity contribution is 5.00. The van der Waals surface area contributed by atoms with E-state index in [9.17, 15) is 0 Å². The fourth-order valence-electron chi connectivity index (χ4n) is 3.24. The fourth-order valence-corrected chi connectivity index (χ4v) is 3.24. The molecule has 0 radical (unpaired) electrons. The van der Waals surface area contributed by atoms with E-state index in [1.807, 2.05) is 0 Å². The second-order valence-electron chi connectivity index (χ2n) is 8.61. The minimum absolute atomic E-state index is 0.0372. The van der Waals surface area contributed by atoms with E-state index in [4.69, 9.17) is 9.78 Å². The molecule has 1 saturated heterocycles. The summed E-state index contributed by atoms with van der Waals surface area (Å²) in [6, 6.07) is 0. The minimum atomic E-state index is -0.0412. The zero-order chi connectivity index (χ0) is 14.4. The van der Waals surface area contributed by atoms with Crippen LogP contribution in [0.25, 0.3) is 0 Å². The van der Waals surface area contributed by atoms with Crippen LogP contribution in [-0.4, -0.2) is 6.29 Å². The molecule has 18 heavy (non-hydrogen) atoms. The topological polar surface area (TPSA) is 25.1 Å². The summed E-state index contributed by atoms with van der Waals surface area (Å²) in [4.78, 5) is 10.5. The van der Waals surface area contributed by atoms with E-state index in [1.165, 1.54) is 6.42 Å². The lowest BCUT2D eigenvalue weighted by Gasteiger charge is -2.51. The average Bonchev–Trinajstić information content (AvgIpc) is 2.91. The fraction of sp³-hybridized carbons (Fsp3) is 1.00. The van der Waals surface area contributed by atoms with Crippen LogP contribution >= 0.6 is 0 Å². The lowest BCUT2D eigenvalue weighted by molar-refractivity contribution is -0.0594. The molecule has 1 aliphatic heterocycles. The summed E-state index contributed by atoms with van der Waals surface area (Å²) in [7, 11) is 0. The summed E-state index contributed by atoms with van der Waals surface area (Å²) >= 11 is 0. The molecule has 2 unspecified atom stereocenters. The molecule has 2 nitrogen and oxygen atoms in total. The third kappa shape index (κ3) is 3.08. The van der Waals surface area contributed by atoms with Crippen molar-refractivity contribution in [1.29, 1.82) is 0 Å². The Morgan fingerprint density at radius 3 is 1.56 bits per heavy atom. The van der Waals surface area contributed by atoms with Crippen LogP contribution in [0.5, 0.6) is 0 Å². The smallest absolute Gasteiger partial charge is 0.198 e. The van der Waals surface area contributed by atoms with Gasteiger partial charge in [0.2, 0.25) is 6.29 Å². The van der Waals surface area contributed by atoms with Crippen LogP contribution in [0.2, 0.25) is 0 Å². The molecule has 0 aromatic rings. The van der Waals surface area contributed by atoms with Gasteiger partial charge in [0.15, 0.2) is 0 Å². The van der Waals surface area contributed by atoms with Crippen LogP contribution in [0, 0.1) is 28.1 Å². The highest BCUT2D eigenvalue weighted by Gasteiger charge is 2.59. The van der Waals surface area contributed by atoms with Crippen molar-refractivity contribution in [3.63, 3.8) is 0 Å². The van der Waals surface area contributed by atoms with Crippen LogP contribution in [0.1, 0.15) is 68.7 Å². The summed E-state index contributed by atoms with van der Waals surface area (Å²) in [5, 5.41) is 0. The molecule has 0 aromatic carbocycles. The molecule has 2 heteroatoms. The van der Waals surface area contributed by atoms with Crippen molar-refractivity contribution in [2.75, 3.05) is 0 Å². The monoisotopic (exact) mass is 256 g/mol. The molecule has 0 aliphatic carbocycles. The third-order valence-corrected chi connectivity index (χ3v) is 4.77. The van der Waals surface area contributed by atoms with Crippen molar-refractivity contribution in [2.24, 2.45) is 28.1 Å². The third-order valence-electron chi connectivity index (χ3n) is 4.77. The lowest BCUT2D eigenvalue weighted by atomic mass is 9.53. The number of hydrogen-bond donors (Lipinski definition) is 0. The molecule has 0 saturated carbocycles. The van der Waals surface area contributed by atoms with Gasteiger partial charge in [0.1, 0.15) is 0 Å². The predicted molar refractivity (Wildman–Crippen MR) is 75.9 cm³/mol. The van der Waals surface area contributed by atoms with Crippen molar-refractivity contribution < 1.29 is 9.78 Å². The number of rotatable bonds is 4. The average molecular weight is 256 g/mol. The maximum atomic E-state index is 5.26. The van der Waals surface area contributed by atoms with Crippen LogP contribution < -0.4 is 0 Å². The van der Waals surface area contributed by atoms with Gasteiger partial charge in [-0.1, -0.05) is 62.3 Å². The SMILES string of the molecule is CC(C)CC(C(C)(C)C)C(C)(C1OO1)C(C)(C)C. The first kappa shape index (κ1) is 16.0. The Kier molecular flexibility index (Phi) is 4.25. The summed E-state index contributed by atoms with van der Waals surface area (Å²) in [6.07, 6.45) is 1.17. The second kappa shape index (κ2) is 4.79. The van der Waals surface area contributed by atoms with Gasteiger partial charge >= 0.3 is 0 Å². The van der Waals surface area contributed by atoms with Gasteiger partial charge < -0.3 is 0 Å². The Hall–Kier alpha value is -0.0800. The van der Waals surface area contributed by atoms with E-state index in [-0.39, 0.29) is 22.5 Å². The molecule has 1 heterocycles. The largest absolute Gasteiger partial charge is 0.230 e. The maximum absolute atomic E-state index is 5.26. The van der Waals surface area contributed by atoms with Gasteiger partial charge in [-0.25, -0.2) is 0 Å². The van der Waals surface area contributed by atoms with Crippen molar-refractivity contribution in [3.05, 3.63) is 0 Å². The maximum Gasteiger partial charge on any atom is 0.230 e. The van der Waals surface area contributed by atoms with Gasteiger partial charge in [-0.15, -0.1) is 0 Å². The molecule has 1 aliphatic rings. The molecule has 0 bridgehead atoms. The van der Waals surface area contributed by atoms with E-state index in [0.29, 0.717) is 11.8 Å². The van der Waals surface area contributed by atoms with Gasteiger partial charge in [0.05, 0.1) is 0 Å². The zero-order valence-electron chi connectivity index (χ0n) is 13.8. The molecule has 0 amide bonds. The first-order valence-electron chi connectivity index (χ1n) is 7.23. The summed E-state index contributed by atoms with van der Waals surface area (Å²) in [5.41, 5.74) is 0.443. The lowest BCUT2D eigenvalue weighted by Crippen LogP contribution is -2.49. The summed E-state index contributed by atoms with van der Waals surface area (Å²) < 4.78 is 0. The normalized spacial score (nSPS) is 23.0. The Morgan fingerprint density at radius 1 is 0.889 bits per heavy atom. The zero-order valence-corrected chi connectivity index (χ0v) is 13.8. The molecular formula is C16H32O2. The second-order valence-corrected chi connectivity index (χ2v) is 8.61. The predicted octanol–water partition coefficient (Wildman–Crippen LogP) is 5.04. The van der Waals surface area contributed by atoms with Crippen LogP contribution in [0.3, 0.4) is 0 Å². The van der Waals surface area contributed by atoms with Gasteiger partial charge in [-0.2, -0.15) is 9.78 Å². The van der Waals surface area contributed by atoms with Crippen LogP contribution in [0.15, 0.2) is 0 Å². The van der Waals surface area contributed by atoms with Crippen molar-refractivity contribution >= 4 is 0 Å². The highest BCUT2D eigenvalue weighted by Crippen LogP contribution is 2.58. The van der Waals surface area contributed by atoms with Gasteiger partial charge in [0, 0.05) is 5.41 Å². The Labute approximate surface area is 113 Å². The minimum Gasteiger partial charge on any atom is -0.198 e. The van der Waals surface area contributed by atoms with E-state index in [1.54, 1.807) is 0 Å². The van der Waals surface area contributed by atoms with Crippen molar-refractivity contribution in [3.8, 4) is 0 Å².